The van der Waals surface area contributed by atoms with Crippen molar-refractivity contribution < 1.29 is 22.7 Å². The molecule has 1 aromatic rings. The van der Waals surface area contributed by atoms with Crippen molar-refractivity contribution in [2.75, 3.05) is 32.5 Å². The van der Waals surface area contributed by atoms with Crippen LogP contribution in [0.25, 0.3) is 6.08 Å². The lowest BCUT2D eigenvalue weighted by Crippen LogP contribution is -2.47. The number of benzene rings is 1. The molecular weight excluding hydrogens is 445 g/mol. The third-order valence-electron chi connectivity index (χ3n) is 7.36. The van der Waals surface area contributed by atoms with Crippen molar-refractivity contribution in [1.82, 2.24) is 14.5 Å². The lowest BCUT2D eigenvalue weighted by Gasteiger charge is -2.36. The van der Waals surface area contributed by atoms with Gasteiger partial charge in [-0.1, -0.05) is 6.07 Å². The van der Waals surface area contributed by atoms with Gasteiger partial charge in [-0.2, -0.15) is 4.31 Å². The third-order valence-corrected chi connectivity index (χ3v) is 8.69. The van der Waals surface area contributed by atoms with Crippen LogP contribution in [0.15, 0.2) is 17.7 Å². The van der Waals surface area contributed by atoms with E-state index >= 15 is 0 Å². The number of hydrogen-bond donors (Lipinski definition) is 2. The molecule has 0 spiro atoms. The van der Waals surface area contributed by atoms with Gasteiger partial charge in [0.05, 0.1) is 12.9 Å². The Morgan fingerprint density at radius 3 is 2.79 bits per heavy atom. The van der Waals surface area contributed by atoms with Crippen LogP contribution in [0.5, 0.6) is 0 Å². The number of aliphatic hydroxyl groups excluding tert-OH is 1. The molecule has 0 aromatic heterocycles. The zero-order chi connectivity index (χ0) is 23.8. The molecule has 1 saturated carbocycles. The Morgan fingerprint density at radius 1 is 1.30 bits per heavy atom. The van der Waals surface area contributed by atoms with E-state index in [2.05, 4.69) is 10.2 Å². The summed E-state index contributed by atoms with van der Waals surface area (Å²) >= 11 is 0. The van der Waals surface area contributed by atoms with E-state index in [1.807, 2.05) is 6.92 Å². The standard InChI is InChI=1S/C24H34FN3O4S/c1-16-6-7-23(25)22-13-17(12-21(16)22)24(30)26-18-4-3-5-19(14-18)27-9-8-20(15-27)28(10-11-29)33(2,31)32/h6-7,13,18-20,29H,3-5,8-12,14-15H2,1-2H3,(H,26,30)/t18-,19+,20-/m1/s1. The summed E-state index contributed by atoms with van der Waals surface area (Å²) in [6.45, 7) is 3.33. The second-order valence-electron chi connectivity index (χ2n) is 9.63. The second kappa shape index (κ2) is 9.82. The maximum Gasteiger partial charge on any atom is 0.247 e. The normalized spacial score (nSPS) is 25.8. The highest BCUT2D eigenvalue weighted by Crippen LogP contribution is 2.31. The molecule has 1 heterocycles. The molecule has 2 fully saturated rings. The molecule has 1 saturated heterocycles. The van der Waals surface area contributed by atoms with E-state index in [4.69, 9.17) is 0 Å². The smallest absolute Gasteiger partial charge is 0.247 e. The van der Waals surface area contributed by atoms with Crippen LogP contribution < -0.4 is 5.32 Å². The summed E-state index contributed by atoms with van der Waals surface area (Å²) in [7, 11) is -3.37. The number of fused-ring (bicyclic) bond motifs is 1. The fourth-order valence-electron chi connectivity index (χ4n) is 5.65. The molecular formula is C24H34FN3O4S. The number of aryl methyl sites for hydroxylation is 1. The van der Waals surface area contributed by atoms with E-state index < -0.39 is 10.0 Å². The largest absolute Gasteiger partial charge is 0.395 e. The Labute approximate surface area is 195 Å². The number of carbonyl (C=O) groups is 1. The first-order valence-electron chi connectivity index (χ1n) is 11.8. The number of hydrogen-bond acceptors (Lipinski definition) is 5. The van der Waals surface area contributed by atoms with E-state index in [0.29, 0.717) is 30.1 Å². The van der Waals surface area contributed by atoms with Gasteiger partial charge in [0.25, 0.3) is 0 Å². The first-order chi connectivity index (χ1) is 15.7. The van der Waals surface area contributed by atoms with Crippen molar-refractivity contribution in [1.29, 1.82) is 0 Å². The predicted octanol–water partition coefficient (Wildman–Crippen LogP) is 1.83. The molecule has 182 valence electrons. The average molecular weight is 480 g/mol. The maximum absolute atomic E-state index is 14.2. The summed E-state index contributed by atoms with van der Waals surface area (Å²) in [4.78, 5) is 15.3. The quantitative estimate of drug-likeness (QED) is 0.623. The van der Waals surface area contributed by atoms with E-state index in [9.17, 15) is 22.7 Å². The van der Waals surface area contributed by atoms with Crippen molar-refractivity contribution >= 4 is 22.0 Å². The molecule has 1 aromatic carbocycles. The lowest BCUT2D eigenvalue weighted by molar-refractivity contribution is -0.118. The molecule has 1 aliphatic heterocycles. The van der Waals surface area contributed by atoms with Crippen molar-refractivity contribution in [2.24, 2.45) is 0 Å². The Balaban J connectivity index is 1.35. The van der Waals surface area contributed by atoms with Gasteiger partial charge in [0.1, 0.15) is 5.82 Å². The predicted molar refractivity (Wildman–Crippen MR) is 126 cm³/mol. The summed E-state index contributed by atoms with van der Waals surface area (Å²) in [5.41, 5.74) is 3.02. The number of rotatable bonds is 7. The van der Waals surface area contributed by atoms with Gasteiger partial charge in [0.15, 0.2) is 0 Å². The van der Waals surface area contributed by atoms with Gasteiger partial charge in [-0.15, -0.1) is 0 Å². The molecule has 0 unspecified atom stereocenters. The number of nitrogens with zero attached hydrogens (tertiary/aromatic N) is 2. The topological polar surface area (TPSA) is 89.9 Å². The zero-order valence-corrected chi connectivity index (χ0v) is 20.2. The first-order valence-corrected chi connectivity index (χ1v) is 13.6. The monoisotopic (exact) mass is 479 g/mol. The number of sulfonamides is 1. The Kier molecular flexibility index (Phi) is 7.23. The molecule has 3 atom stereocenters. The van der Waals surface area contributed by atoms with Crippen LogP contribution in [0, 0.1) is 12.7 Å². The summed E-state index contributed by atoms with van der Waals surface area (Å²) in [6.07, 6.45) is 7.84. The summed E-state index contributed by atoms with van der Waals surface area (Å²) < 4.78 is 39.8. The van der Waals surface area contributed by atoms with E-state index in [1.54, 1.807) is 12.1 Å². The molecule has 9 heteroatoms. The second-order valence-corrected chi connectivity index (χ2v) is 11.6. The molecule has 3 aliphatic rings. The minimum absolute atomic E-state index is 0.0503. The SMILES string of the molecule is Cc1ccc(F)c2c1CC(C(=O)N[C@@H]1CCC[C@H](N3CC[C@@H](N(CCO)S(C)(=O)=O)C3)C1)=C2. The minimum atomic E-state index is -3.37. The Bertz CT molecular complexity index is 1040. The summed E-state index contributed by atoms with van der Waals surface area (Å²) in [5, 5.41) is 12.5. The highest BCUT2D eigenvalue weighted by Gasteiger charge is 2.37. The maximum atomic E-state index is 14.2. The number of amides is 1. The van der Waals surface area contributed by atoms with E-state index in [0.717, 1.165) is 49.8 Å². The van der Waals surface area contributed by atoms with Gasteiger partial charge in [-0.05, 0) is 62.3 Å². The fraction of sp³-hybridized carbons (Fsp3) is 0.625. The molecule has 1 amide bonds. The number of likely N-dealkylation sites (tertiary alicyclic amines) is 1. The van der Waals surface area contributed by atoms with Gasteiger partial charge >= 0.3 is 0 Å². The van der Waals surface area contributed by atoms with Crippen molar-refractivity contribution in [3.05, 3.63) is 40.2 Å². The van der Waals surface area contributed by atoms with Gasteiger partial charge in [0, 0.05) is 55.3 Å². The van der Waals surface area contributed by atoms with Gasteiger partial charge < -0.3 is 10.4 Å². The summed E-state index contributed by atoms with van der Waals surface area (Å²) in [6, 6.07) is 3.42. The summed E-state index contributed by atoms with van der Waals surface area (Å²) in [5.74, 6) is -0.412. The zero-order valence-electron chi connectivity index (χ0n) is 19.4. The van der Waals surface area contributed by atoms with Crippen LogP contribution in [0.4, 0.5) is 4.39 Å². The number of halogens is 1. The molecule has 0 bridgehead atoms. The highest BCUT2D eigenvalue weighted by molar-refractivity contribution is 7.88. The third kappa shape index (κ3) is 5.31. The molecule has 33 heavy (non-hydrogen) atoms. The van der Waals surface area contributed by atoms with Crippen LogP contribution in [-0.2, 0) is 21.2 Å². The van der Waals surface area contributed by atoms with Crippen molar-refractivity contribution in [2.45, 2.75) is 63.6 Å². The van der Waals surface area contributed by atoms with Gasteiger partial charge in [0.2, 0.25) is 15.9 Å². The fourth-order valence-corrected chi connectivity index (χ4v) is 6.78. The van der Waals surface area contributed by atoms with Crippen LogP contribution >= 0.6 is 0 Å². The molecule has 2 aliphatic carbocycles. The van der Waals surface area contributed by atoms with Crippen LogP contribution in [0.3, 0.4) is 0 Å². The molecule has 7 nitrogen and oxygen atoms in total. The van der Waals surface area contributed by atoms with Crippen molar-refractivity contribution in [3.63, 3.8) is 0 Å². The van der Waals surface area contributed by atoms with E-state index in [1.165, 1.54) is 16.6 Å². The number of carbonyl (C=O) groups excluding carboxylic acids is 1. The average Bonchev–Trinajstić information content (AvgIpc) is 3.42. The lowest BCUT2D eigenvalue weighted by atomic mass is 9.89. The molecule has 4 rings (SSSR count). The van der Waals surface area contributed by atoms with Crippen LogP contribution in [0.2, 0.25) is 0 Å². The van der Waals surface area contributed by atoms with Crippen LogP contribution in [0.1, 0.15) is 48.8 Å². The van der Waals surface area contributed by atoms with Gasteiger partial charge in [-0.25, -0.2) is 12.8 Å². The van der Waals surface area contributed by atoms with Gasteiger partial charge in [-0.3, -0.25) is 9.69 Å². The highest BCUT2D eigenvalue weighted by atomic mass is 32.2. The molecule has 0 radical (unpaired) electrons. The molecule has 2 N–H and O–H groups in total. The first kappa shape index (κ1) is 24.3. The van der Waals surface area contributed by atoms with Crippen molar-refractivity contribution in [3.8, 4) is 0 Å². The Morgan fingerprint density at radius 2 is 2.09 bits per heavy atom. The Hall–Kier alpha value is -1.81. The minimum Gasteiger partial charge on any atom is -0.395 e. The van der Waals surface area contributed by atoms with Crippen LogP contribution in [-0.4, -0.2) is 79.3 Å². The van der Waals surface area contributed by atoms with E-state index in [-0.39, 0.29) is 37.0 Å². The number of nitrogens with one attached hydrogen (secondary N) is 1. The number of aliphatic hydroxyl groups is 1.